The second-order valence-corrected chi connectivity index (χ2v) is 6.65. The Morgan fingerprint density at radius 3 is 1.77 bits per heavy atom. The topological polar surface area (TPSA) is 0 Å². The minimum absolute atomic E-state index is 0.806. The Bertz CT molecular complexity index is 166. The molecule has 0 amide bonds. The molecule has 0 nitrogen and oxygen atoms in total. The second-order valence-electron chi connectivity index (χ2n) is 3.04. The largest absolute Gasteiger partial charge is 0.223 e. The van der Waals surface area contributed by atoms with Crippen molar-refractivity contribution in [2.24, 2.45) is 0 Å². The van der Waals surface area contributed by atoms with Gasteiger partial charge >= 0.3 is 0 Å². The molecule has 0 aromatic carbocycles. The van der Waals surface area contributed by atoms with Crippen LogP contribution in [-0.4, -0.2) is 8.13 Å². The molecule has 1 fully saturated rings. The average Bonchev–Trinajstić information content (AvgIpc) is 2.04. The first kappa shape index (κ1) is 12.5. The molecular weight excluding hydrogens is 273 g/mol. The molecule has 0 atom stereocenters. The minimum Gasteiger partial charge on any atom is -0.0962 e. The van der Waals surface area contributed by atoms with Gasteiger partial charge in [-0.3, -0.25) is 0 Å². The van der Waals surface area contributed by atoms with Crippen LogP contribution in [0.2, 0.25) is 0 Å². The molecule has 0 saturated heterocycles. The van der Waals surface area contributed by atoms with Crippen LogP contribution in [0.1, 0.15) is 25.7 Å². The fourth-order valence-corrected chi connectivity index (χ4v) is 2.12. The molecular formula is C8H9Cl5. The predicted molar refractivity (Wildman–Crippen MR) is 60.7 cm³/mol. The van der Waals surface area contributed by atoms with Gasteiger partial charge in [-0.15, -0.1) is 0 Å². The molecule has 1 saturated carbocycles. The van der Waals surface area contributed by atoms with E-state index in [0.29, 0.717) is 0 Å². The number of hydrogen-bond donors (Lipinski definition) is 0. The summed E-state index contributed by atoms with van der Waals surface area (Å²) in [5.74, 6) is 0.915. The van der Waals surface area contributed by atoms with Crippen LogP contribution in [0, 0.1) is 12.3 Å². The average molecular weight is 282 g/mol. The summed E-state index contributed by atoms with van der Waals surface area (Å²) in [6, 6.07) is 0. The van der Waals surface area contributed by atoms with E-state index in [1.807, 2.05) is 0 Å². The van der Waals surface area contributed by atoms with Crippen molar-refractivity contribution in [2.75, 3.05) is 0 Å². The highest BCUT2D eigenvalue weighted by Crippen LogP contribution is 2.54. The standard InChI is InChI=1S/C8H9Cl5/c9-7(10,8(11,12)13)6-4-2-1-3-5-6/h1H,2-5H2. The van der Waals surface area contributed by atoms with E-state index in [-0.39, 0.29) is 0 Å². The quantitative estimate of drug-likeness (QED) is 0.601. The minimum atomic E-state index is -1.65. The highest BCUT2D eigenvalue weighted by Gasteiger charge is 2.51. The van der Waals surface area contributed by atoms with Gasteiger partial charge in [-0.2, -0.15) is 0 Å². The summed E-state index contributed by atoms with van der Waals surface area (Å²) in [5.41, 5.74) is 0. The zero-order valence-corrected chi connectivity index (χ0v) is 10.6. The van der Waals surface area contributed by atoms with Crippen molar-refractivity contribution in [2.45, 2.75) is 33.8 Å². The lowest BCUT2D eigenvalue weighted by Crippen LogP contribution is -2.38. The molecule has 0 bridgehead atoms. The predicted octanol–water partition coefficient (Wildman–Crippen LogP) is 4.88. The van der Waals surface area contributed by atoms with Gasteiger partial charge in [0.25, 0.3) is 0 Å². The normalized spacial score (nSPS) is 21.9. The van der Waals surface area contributed by atoms with Crippen LogP contribution < -0.4 is 0 Å². The highest BCUT2D eigenvalue weighted by molar-refractivity contribution is 6.76. The summed E-state index contributed by atoms with van der Waals surface area (Å²) >= 11 is 29.1. The van der Waals surface area contributed by atoms with Gasteiger partial charge in [-0.05, 0) is 32.1 Å². The number of halogens is 5. The Kier molecular flexibility index (Phi) is 4.36. The van der Waals surface area contributed by atoms with Gasteiger partial charge in [0.05, 0.1) is 0 Å². The Balaban J connectivity index is 2.67. The number of rotatable bonds is 1. The van der Waals surface area contributed by atoms with E-state index in [1.54, 1.807) is 0 Å². The first-order valence-electron chi connectivity index (χ1n) is 3.97. The van der Waals surface area contributed by atoms with Crippen molar-refractivity contribution >= 4 is 58.0 Å². The lowest BCUT2D eigenvalue weighted by Gasteiger charge is -2.36. The molecule has 0 spiro atoms. The zero-order chi connectivity index (χ0) is 10.1. The van der Waals surface area contributed by atoms with Gasteiger partial charge in [-0.1, -0.05) is 58.0 Å². The molecule has 0 heterocycles. The molecule has 0 unspecified atom stereocenters. The van der Waals surface area contributed by atoms with E-state index in [2.05, 4.69) is 6.42 Å². The van der Waals surface area contributed by atoms with Gasteiger partial charge in [0, 0.05) is 5.92 Å². The van der Waals surface area contributed by atoms with E-state index in [9.17, 15) is 0 Å². The Morgan fingerprint density at radius 1 is 0.923 bits per heavy atom. The van der Waals surface area contributed by atoms with Crippen LogP contribution in [0.4, 0.5) is 0 Å². The fraction of sp³-hybridized carbons (Fsp3) is 0.750. The van der Waals surface area contributed by atoms with Gasteiger partial charge in [0.2, 0.25) is 3.79 Å². The Hall–Kier alpha value is 1.45. The van der Waals surface area contributed by atoms with E-state index in [4.69, 9.17) is 58.0 Å². The van der Waals surface area contributed by atoms with E-state index in [1.165, 1.54) is 0 Å². The summed E-state index contributed by atoms with van der Waals surface area (Å²) < 4.78 is -3.01. The maximum atomic E-state index is 6.01. The van der Waals surface area contributed by atoms with E-state index >= 15 is 0 Å². The van der Waals surface area contributed by atoms with Crippen LogP contribution in [0.25, 0.3) is 0 Å². The van der Waals surface area contributed by atoms with Crippen molar-refractivity contribution in [3.63, 3.8) is 0 Å². The SMILES string of the molecule is ClC(Cl)(Cl)C(Cl)(Cl)[C]1CC[CH]CC1. The van der Waals surface area contributed by atoms with Crippen LogP contribution in [0.15, 0.2) is 0 Å². The molecule has 76 valence electrons. The highest BCUT2D eigenvalue weighted by atomic mass is 35.6. The molecule has 0 aromatic rings. The first-order valence-corrected chi connectivity index (χ1v) is 5.86. The van der Waals surface area contributed by atoms with Gasteiger partial charge in [-0.25, -0.2) is 0 Å². The Morgan fingerprint density at radius 2 is 1.38 bits per heavy atom. The molecule has 0 aromatic heterocycles. The third-order valence-corrected chi connectivity index (χ3v) is 4.63. The Labute approximate surface area is 104 Å². The second kappa shape index (κ2) is 4.53. The summed E-state index contributed by atoms with van der Waals surface area (Å²) in [6.07, 6.45) is 5.71. The fourth-order valence-electron chi connectivity index (χ4n) is 1.34. The third-order valence-electron chi connectivity index (χ3n) is 2.10. The first-order chi connectivity index (χ1) is 5.86. The molecule has 1 aliphatic carbocycles. The van der Waals surface area contributed by atoms with E-state index < -0.39 is 8.13 Å². The van der Waals surface area contributed by atoms with E-state index in [0.717, 1.165) is 31.6 Å². The number of alkyl halides is 5. The molecule has 0 aliphatic heterocycles. The van der Waals surface area contributed by atoms with Gasteiger partial charge in [0.15, 0.2) is 4.33 Å². The smallest absolute Gasteiger partial charge is 0.0962 e. The molecule has 2 radical (unpaired) electrons. The molecule has 0 N–H and O–H groups in total. The van der Waals surface area contributed by atoms with Crippen LogP contribution in [0.3, 0.4) is 0 Å². The van der Waals surface area contributed by atoms with Crippen molar-refractivity contribution in [3.8, 4) is 0 Å². The molecule has 5 heteroatoms. The lowest BCUT2D eigenvalue weighted by atomic mass is 9.87. The van der Waals surface area contributed by atoms with Crippen LogP contribution in [0.5, 0.6) is 0 Å². The van der Waals surface area contributed by atoms with Crippen molar-refractivity contribution in [3.05, 3.63) is 12.3 Å². The van der Waals surface area contributed by atoms with Crippen molar-refractivity contribution < 1.29 is 0 Å². The molecule has 13 heavy (non-hydrogen) atoms. The van der Waals surface area contributed by atoms with Gasteiger partial charge in [0.1, 0.15) is 0 Å². The van der Waals surface area contributed by atoms with Crippen molar-refractivity contribution in [1.29, 1.82) is 0 Å². The van der Waals surface area contributed by atoms with Crippen molar-refractivity contribution in [1.82, 2.24) is 0 Å². The third kappa shape index (κ3) is 2.95. The molecule has 1 aliphatic rings. The molecule has 1 rings (SSSR count). The maximum absolute atomic E-state index is 6.01. The summed E-state index contributed by atoms with van der Waals surface area (Å²) in [5, 5.41) is 0. The zero-order valence-electron chi connectivity index (χ0n) is 6.80. The maximum Gasteiger partial charge on any atom is 0.223 e. The monoisotopic (exact) mass is 280 g/mol. The summed E-state index contributed by atoms with van der Waals surface area (Å²) in [6.45, 7) is 0. The van der Waals surface area contributed by atoms with Crippen LogP contribution in [-0.2, 0) is 0 Å². The summed E-state index contributed by atoms with van der Waals surface area (Å²) in [4.78, 5) is 0. The lowest BCUT2D eigenvalue weighted by molar-refractivity contribution is 0.566. The number of hydrogen-bond acceptors (Lipinski definition) is 0. The van der Waals surface area contributed by atoms with Gasteiger partial charge < -0.3 is 0 Å². The summed E-state index contributed by atoms with van der Waals surface area (Å²) in [7, 11) is 0. The van der Waals surface area contributed by atoms with Crippen LogP contribution >= 0.6 is 58.0 Å².